The molecule has 1 N–H and O–H groups in total. The molecular formula is C27H27NO4. The number of carbonyl (C=O) groups is 3. The summed E-state index contributed by atoms with van der Waals surface area (Å²) in [6, 6.07) is 24.6. The molecule has 1 atom stereocenters. The number of hydrogen-bond donors (Lipinski definition) is 1. The molecule has 3 aromatic rings. The van der Waals surface area contributed by atoms with E-state index in [0.29, 0.717) is 11.1 Å². The van der Waals surface area contributed by atoms with Crippen molar-refractivity contribution in [1.82, 2.24) is 5.32 Å². The van der Waals surface area contributed by atoms with Gasteiger partial charge in [0.2, 0.25) is 0 Å². The van der Waals surface area contributed by atoms with E-state index < -0.39 is 17.6 Å². The Morgan fingerprint density at radius 2 is 1.34 bits per heavy atom. The molecule has 0 aliphatic carbocycles. The van der Waals surface area contributed by atoms with Crippen LogP contribution < -0.4 is 5.32 Å². The van der Waals surface area contributed by atoms with Gasteiger partial charge in [-0.2, -0.15) is 0 Å². The molecule has 0 aliphatic rings. The van der Waals surface area contributed by atoms with Crippen LogP contribution >= 0.6 is 0 Å². The van der Waals surface area contributed by atoms with E-state index in [1.807, 2.05) is 57.2 Å². The van der Waals surface area contributed by atoms with E-state index in [9.17, 15) is 14.4 Å². The third kappa shape index (κ3) is 6.38. The number of benzene rings is 3. The predicted octanol–water partition coefficient (Wildman–Crippen LogP) is 4.60. The largest absolute Gasteiger partial charge is 0.448 e. The van der Waals surface area contributed by atoms with Crippen LogP contribution in [-0.2, 0) is 16.0 Å². The Bertz CT molecular complexity index is 1090. The molecule has 0 saturated heterocycles. The molecule has 1 amide bonds. The molecule has 0 aliphatic heterocycles. The summed E-state index contributed by atoms with van der Waals surface area (Å²) < 4.78 is 5.63. The van der Waals surface area contributed by atoms with Crippen molar-refractivity contribution in [2.45, 2.75) is 38.8 Å². The molecular weight excluding hydrogens is 402 g/mol. The van der Waals surface area contributed by atoms with Crippen molar-refractivity contribution >= 4 is 17.7 Å². The monoisotopic (exact) mass is 429 g/mol. The maximum Gasteiger partial charge on any atom is 0.338 e. The fourth-order valence-electron chi connectivity index (χ4n) is 3.21. The minimum Gasteiger partial charge on any atom is -0.448 e. The molecule has 0 fully saturated rings. The van der Waals surface area contributed by atoms with Gasteiger partial charge in [0.05, 0.1) is 5.56 Å². The van der Waals surface area contributed by atoms with Crippen molar-refractivity contribution in [2.75, 3.05) is 0 Å². The first-order valence-corrected chi connectivity index (χ1v) is 10.5. The van der Waals surface area contributed by atoms with Gasteiger partial charge in [-0.1, -0.05) is 72.8 Å². The van der Waals surface area contributed by atoms with Gasteiger partial charge in [-0.05, 0) is 38.5 Å². The number of nitrogens with one attached hydrogen (secondary N) is 1. The standard InChI is InChI=1S/C27H27NO4/c1-27(2,3)28-25(30)23(17-19-11-6-4-7-12-19)32-26(31)22-16-10-15-21(18-22)24(29)20-13-8-5-9-14-20/h4-16,18,23H,17H2,1-3H3,(H,28,30). The number of rotatable bonds is 7. The molecule has 1 unspecified atom stereocenters. The zero-order valence-electron chi connectivity index (χ0n) is 18.5. The number of hydrogen-bond acceptors (Lipinski definition) is 4. The summed E-state index contributed by atoms with van der Waals surface area (Å²) in [7, 11) is 0. The van der Waals surface area contributed by atoms with Crippen LogP contribution in [0.1, 0.15) is 52.6 Å². The smallest absolute Gasteiger partial charge is 0.338 e. The van der Waals surface area contributed by atoms with Crippen LogP contribution in [0.2, 0.25) is 0 Å². The highest BCUT2D eigenvalue weighted by atomic mass is 16.5. The Kier molecular flexibility index (Phi) is 7.21. The Labute approximate surface area is 188 Å². The number of ether oxygens (including phenoxy) is 1. The first-order chi connectivity index (χ1) is 15.2. The second-order valence-corrected chi connectivity index (χ2v) is 8.60. The van der Waals surface area contributed by atoms with E-state index >= 15 is 0 Å². The molecule has 5 nitrogen and oxygen atoms in total. The van der Waals surface area contributed by atoms with E-state index in [1.54, 1.807) is 42.5 Å². The number of carbonyl (C=O) groups excluding carboxylic acids is 3. The van der Waals surface area contributed by atoms with Crippen LogP contribution in [-0.4, -0.2) is 29.3 Å². The van der Waals surface area contributed by atoms with Crippen molar-refractivity contribution in [3.8, 4) is 0 Å². The lowest BCUT2D eigenvalue weighted by molar-refractivity contribution is -0.131. The quantitative estimate of drug-likeness (QED) is 0.440. The van der Waals surface area contributed by atoms with Crippen molar-refractivity contribution in [3.63, 3.8) is 0 Å². The molecule has 3 aromatic carbocycles. The molecule has 0 saturated carbocycles. The van der Waals surface area contributed by atoms with Crippen LogP contribution in [0.4, 0.5) is 0 Å². The van der Waals surface area contributed by atoms with E-state index in [2.05, 4.69) is 5.32 Å². The minimum atomic E-state index is -1.00. The van der Waals surface area contributed by atoms with Gasteiger partial charge in [-0.3, -0.25) is 9.59 Å². The van der Waals surface area contributed by atoms with Gasteiger partial charge in [0, 0.05) is 23.1 Å². The second-order valence-electron chi connectivity index (χ2n) is 8.60. The summed E-state index contributed by atoms with van der Waals surface area (Å²) >= 11 is 0. The maximum absolute atomic E-state index is 12.9. The van der Waals surface area contributed by atoms with Gasteiger partial charge in [-0.15, -0.1) is 0 Å². The molecule has 0 heterocycles. The van der Waals surface area contributed by atoms with E-state index in [1.165, 1.54) is 6.07 Å². The molecule has 5 heteroatoms. The molecule has 3 rings (SSSR count). The maximum atomic E-state index is 12.9. The minimum absolute atomic E-state index is 0.188. The summed E-state index contributed by atoms with van der Waals surface area (Å²) in [5.41, 5.74) is 1.53. The summed E-state index contributed by atoms with van der Waals surface area (Å²) in [4.78, 5) is 38.5. The topological polar surface area (TPSA) is 72.5 Å². The highest BCUT2D eigenvalue weighted by Crippen LogP contribution is 2.15. The molecule has 0 bridgehead atoms. The Morgan fingerprint density at radius 1 is 0.781 bits per heavy atom. The highest BCUT2D eigenvalue weighted by Gasteiger charge is 2.27. The van der Waals surface area contributed by atoms with Gasteiger partial charge in [0.25, 0.3) is 5.91 Å². The van der Waals surface area contributed by atoms with Crippen molar-refractivity contribution in [2.24, 2.45) is 0 Å². The zero-order valence-corrected chi connectivity index (χ0v) is 18.5. The van der Waals surface area contributed by atoms with Crippen LogP contribution in [0.5, 0.6) is 0 Å². The zero-order chi connectivity index (χ0) is 23.1. The van der Waals surface area contributed by atoms with Gasteiger partial charge in [-0.25, -0.2) is 4.79 Å². The fourth-order valence-corrected chi connectivity index (χ4v) is 3.21. The summed E-state index contributed by atoms with van der Waals surface area (Å²) in [5.74, 6) is -1.21. The molecule has 0 aromatic heterocycles. The lowest BCUT2D eigenvalue weighted by atomic mass is 10.0. The Balaban J connectivity index is 1.81. The lowest BCUT2D eigenvalue weighted by Gasteiger charge is -2.25. The average molecular weight is 430 g/mol. The summed E-state index contributed by atoms with van der Waals surface area (Å²) in [5, 5.41) is 2.88. The normalized spacial score (nSPS) is 12.0. The average Bonchev–Trinajstić information content (AvgIpc) is 2.78. The number of esters is 1. The van der Waals surface area contributed by atoms with Crippen molar-refractivity contribution in [3.05, 3.63) is 107 Å². The van der Waals surface area contributed by atoms with E-state index in [4.69, 9.17) is 4.74 Å². The predicted molar refractivity (Wildman–Crippen MR) is 124 cm³/mol. The second kappa shape index (κ2) is 10.1. The fraction of sp³-hybridized carbons (Fsp3) is 0.222. The summed E-state index contributed by atoms with van der Waals surface area (Å²) in [6.07, 6.45) is -0.755. The van der Waals surface area contributed by atoms with Crippen LogP contribution in [0.3, 0.4) is 0 Å². The Morgan fingerprint density at radius 3 is 1.97 bits per heavy atom. The van der Waals surface area contributed by atoms with E-state index in [0.717, 1.165) is 5.56 Å². The van der Waals surface area contributed by atoms with Crippen LogP contribution in [0, 0.1) is 0 Å². The van der Waals surface area contributed by atoms with Crippen LogP contribution in [0.15, 0.2) is 84.9 Å². The third-order valence-electron chi connectivity index (χ3n) is 4.70. The summed E-state index contributed by atoms with van der Waals surface area (Å²) in [6.45, 7) is 5.60. The highest BCUT2D eigenvalue weighted by molar-refractivity contribution is 6.10. The third-order valence-corrected chi connectivity index (χ3v) is 4.70. The first-order valence-electron chi connectivity index (χ1n) is 10.5. The van der Waals surface area contributed by atoms with Crippen molar-refractivity contribution in [1.29, 1.82) is 0 Å². The first kappa shape index (κ1) is 22.9. The molecule has 0 spiro atoms. The van der Waals surface area contributed by atoms with Gasteiger partial charge < -0.3 is 10.1 Å². The van der Waals surface area contributed by atoms with Gasteiger partial charge >= 0.3 is 5.97 Å². The Hall–Kier alpha value is -3.73. The number of ketones is 1. The number of amides is 1. The van der Waals surface area contributed by atoms with Crippen molar-refractivity contribution < 1.29 is 19.1 Å². The molecule has 0 radical (unpaired) electrons. The van der Waals surface area contributed by atoms with Crippen LogP contribution in [0.25, 0.3) is 0 Å². The lowest BCUT2D eigenvalue weighted by Crippen LogP contribution is -2.48. The SMILES string of the molecule is CC(C)(C)NC(=O)C(Cc1ccccc1)OC(=O)c1cccc(C(=O)c2ccccc2)c1. The van der Waals surface area contributed by atoms with E-state index in [-0.39, 0.29) is 23.7 Å². The van der Waals surface area contributed by atoms with Gasteiger partial charge in [0.1, 0.15) is 0 Å². The molecule has 32 heavy (non-hydrogen) atoms. The molecule has 164 valence electrons. The van der Waals surface area contributed by atoms with Gasteiger partial charge in [0.15, 0.2) is 11.9 Å².